The summed E-state index contributed by atoms with van der Waals surface area (Å²) < 4.78 is 0. The summed E-state index contributed by atoms with van der Waals surface area (Å²) in [5.41, 5.74) is 0.704. The van der Waals surface area contributed by atoms with Gasteiger partial charge in [-0.15, -0.1) is 0 Å². The first kappa shape index (κ1) is 13.0. The van der Waals surface area contributed by atoms with Crippen molar-refractivity contribution in [1.82, 2.24) is 5.32 Å². The number of unbranched alkanes of at least 4 members (excludes halogenated alkanes) is 2. The van der Waals surface area contributed by atoms with Crippen LogP contribution in [0, 0.1) is 5.41 Å². The maximum absolute atomic E-state index is 3.55. The van der Waals surface area contributed by atoms with Gasteiger partial charge < -0.3 is 5.32 Å². The fraction of sp³-hybridized carbons (Fsp3) is 1.00. The average molecular weight is 211 g/mol. The summed E-state index contributed by atoms with van der Waals surface area (Å²) in [5, 5.41) is 3.55. The minimum Gasteiger partial charge on any atom is -0.317 e. The van der Waals surface area contributed by atoms with E-state index >= 15 is 0 Å². The van der Waals surface area contributed by atoms with E-state index in [1.54, 1.807) is 0 Å². The van der Waals surface area contributed by atoms with Crippen molar-refractivity contribution in [2.45, 2.75) is 71.6 Å². The lowest BCUT2D eigenvalue weighted by Crippen LogP contribution is -2.23. The quantitative estimate of drug-likeness (QED) is 0.696. The molecule has 0 atom stereocenters. The van der Waals surface area contributed by atoms with Crippen LogP contribution in [0.1, 0.15) is 71.6 Å². The predicted molar refractivity (Wildman–Crippen MR) is 68.2 cm³/mol. The zero-order chi connectivity index (χ0) is 11.0. The molecule has 1 saturated heterocycles. The Morgan fingerprint density at radius 3 is 2.20 bits per heavy atom. The van der Waals surface area contributed by atoms with E-state index in [0.29, 0.717) is 5.41 Å². The number of hydrogen-bond donors (Lipinski definition) is 1. The summed E-state index contributed by atoms with van der Waals surface area (Å²) in [4.78, 5) is 0. The maximum Gasteiger partial charge on any atom is -0.00436 e. The van der Waals surface area contributed by atoms with E-state index in [1.165, 1.54) is 70.9 Å². The SMILES string of the molecule is CCCCC1(CCCC)CCCNCC1. The highest BCUT2D eigenvalue weighted by atomic mass is 14.9. The van der Waals surface area contributed by atoms with Crippen LogP contribution in [0.2, 0.25) is 0 Å². The molecule has 1 aliphatic heterocycles. The second-order valence-corrected chi connectivity index (χ2v) is 5.31. The molecule has 1 aliphatic rings. The largest absolute Gasteiger partial charge is 0.317 e. The van der Waals surface area contributed by atoms with Crippen LogP contribution >= 0.6 is 0 Å². The van der Waals surface area contributed by atoms with Crippen molar-refractivity contribution in [3.05, 3.63) is 0 Å². The molecule has 0 aromatic carbocycles. The van der Waals surface area contributed by atoms with Crippen molar-refractivity contribution in [2.24, 2.45) is 5.41 Å². The highest BCUT2D eigenvalue weighted by Gasteiger charge is 2.29. The summed E-state index contributed by atoms with van der Waals surface area (Å²) in [6.07, 6.45) is 12.8. The second kappa shape index (κ2) is 7.27. The molecular formula is C14H29N. The molecule has 0 amide bonds. The first-order chi connectivity index (χ1) is 7.33. The van der Waals surface area contributed by atoms with E-state index in [4.69, 9.17) is 0 Å². The lowest BCUT2D eigenvalue weighted by molar-refractivity contribution is 0.197. The summed E-state index contributed by atoms with van der Waals surface area (Å²) in [5.74, 6) is 0. The standard InChI is InChI=1S/C14H29N/c1-3-5-8-14(9-6-4-2)10-7-12-15-13-11-14/h15H,3-13H2,1-2H3. The Hall–Kier alpha value is -0.0400. The normalized spacial score (nSPS) is 21.2. The Morgan fingerprint density at radius 2 is 1.60 bits per heavy atom. The third-order valence-corrected chi connectivity index (χ3v) is 4.01. The lowest BCUT2D eigenvalue weighted by atomic mass is 9.73. The van der Waals surface area contributed by atoms with Crippen LogP contribution in [0.3, 0.4) is 0 Å². The van der Waals surface area contributed by atoms with Crippen LogP contribution in [-0.2, 0) is 0 Å². The van der Waals surface area contributed by atoms with Crippen molar-refractivity contribution >= 4 is 0 Å². The van der Waals surface area contributed by atoms with Crippen molar-refractivity contribution in [3.63, 3.8) is 0 Å². The Balaban J connectivity index is 2.47. The van der Waals surface area contributed by atoms with Crippen molar-refractivity contribution in [3.8, 4) is 0 Å². The van der Waals surface area contributed by atoms with Crippen LogP contribution in [0.4, 0.5) is 0 Å². The zero-order valence-corrected chi connectivity index (χ0v) is 10.8. The first-order valence-electron chi connectivity index (χ1n) is 7.04. The van der Waals surface area contributed by atoms with Crippen LogP contribution in [0.15, 0.2) is 0 Å². The van der Waals surface area contributed by atoms with Gasteiger partial charge >= 0.3 is 0 Å². The third-order valence-electron chi connectivity index (χ3n) is 4.01. The smallest absolute Gasteiger partial charge is 0.00436 e. The van der Waals surface area contributed by atoms with Gasteiger partial charge in [0.1, 0.15) is 0 Å². The van der Waals surface area contributed by atoms with E-state index < -0.39 is 0 Å². The van der Waals surface area contributed by atoms with Gasteiger partial charge in [-0.05, 0) is 50.6 Å². The van der Waals surface area contributed by atoms with Crippen molar-refractivity contribution in [1.29, 1.82) is 0 Å². The molecule has 0 aromatic rings. The van der Waals surface area contributed by atoms with Crippen LogP contribution in [0.25, 0.3) is 0 Å². The average Bonchev–Trinajstić information content (AvgIpc) is 2.50. The molecule has 0 saturated carbocycles. The number of hydrogen-bond acceptors (Lipinski definition) is 1. The van der Waals surface area contributed by atoms with Crippen LogP contribution in [-0.4, -0.2) is 13.1 Å². The van der Waals surface area contributed by atoms with Crippen LogP contribution < -0.4 is 5.32 Å². The summed E-state index contributed by atoms with van der Waals surface area (Å²) in [7, 11) is 0. The van der Waals surface area contributed by atoms with E-state index in [-0.39, 0.29) is 0 Å². The van der Waals surface area contributed by atoms with Gasteiger partial charge in [-0.3, -0.25) is 0 Å². The van der Waals surface area contributed by atoms with E-state index in [2.05, 4.69) is 19.2 Å². The van der Waals surface area contributed by atoms with Crippen molar-refractivity contribution in [2.75, 3.05) is 13.1 Å². The highest BCUT2D eigenvalue weighted by molar-refractivity contribution is 4.82. The molecule has 1 heteroatoms. The van der Waals surface area contributed by atoms with E-state index in [0.717, 1.165) is 0 Å². The molecular weight excluding hydrogens is 182 g/mol. The molecule has 0 aliphatic carbocycles. The first-order valence-corrected chi connectivity index (χ1v) is 7.04. The highest BCUT2D eigenvalue weighted by Crippen LogP contribution is 2.39. The molecule has 1 nitrogen and oxygen atoms in total. The zero-order valence-electron chi connectivity index (χ0n) is 10.8. The third kappa shape index (κ3) is 4.55. The molecule has 0 aromatic heterocycles. The Labute approximate surface area is 96.0 Å². The molecule has 15 heavy (non-hydrogen) atoms. The molecule has 0 spiro atoms. The van der Waals surface area contributed by atoms with Gasteiger partial charge in [0.25, 0.3) is 0 Å². The molecule has 1 N–H and O–H groups in total. The number of nitrogens with one attached hydrogen (secondary N) is 1. The van der Waals surface area contributed by atoms with Gasteiger partial charge in [-0.2, -0.15) is 0 Å². The van der Waals surface area contributed by atoms with Crippen LogP contribution in [0.5, 0.6) is 0 Å². The minimum absolute atomic E-state index is 0.704. The molecule has 1 rings (SSSR count). The van der Waals surface area contributed by atoms with E-state index in [9.17, 15) is 0 Å². The van der Waals surface area contributed by atoms with Gasteiger partial charge in [0, 0.05) is 0 Å². The van der Waals surface area contributed by atoms with Gasteiger partial charge in [0.05, 0.1) is 0 Å². The fourth-order valence-electron chi connectivity index (χ4n) is 2.92. The molecule has 0 bridgehead atoms. The summed E-state index contributed by atoms with van der Waals surface area (Å²) in [6, 6.07) is 0. The number of rotatable bonds is 6. The molecule has 0 unspecified atom stereocenters. The van der Waals surface area contributed by atoms with Gasteiger partial charge in [0.15, 0.2) is 0 Å². The van der Waals surface area contributed by atoms with Crippen molar-refractivity contribution < 1.29 is 0 Å². The van der Waals surface area contributed by atoms with Gasteiger partial charge in [-0.1, -0.05) is 39.5 Å². The summed E-state index contributed by atoms with van der Waals surface area (Å²) >= 11 is 0. The molecule has 0 radical (unpaired) electrons. The fourth-order valence-corrected chi connectivity index (χ4v) is 2.92. The van der Waals surface area contributed by atoms with E-state index in [1.807, 2.05) is 0 Å². The predicted octanol–water partition coefficient (Wildman–Crippen LogP) is 4.13. The summed E-state index contributed by atoms with van der Waals surface area (Å²) in [6.45, 7) is 7.15. The Kier molecular flexibility index (Phi) is 6.31. The minimum atomic E-state index is 0.704. The van der Waals surface area contributed by atoms with Gasteiger partial charge in [-0.25, -0.2) is 0 Å². The lowest BCUT2D eigenvalue weighted by Gasteiger charge is -2.33. The Morgan fingerprint density at radius 1 is 0.933 bits per heavy atom. The molecule has 1 fully saturated rings. The monoisotopic (exact) mass is 211 g/mol. The van der Waals surface area contributed by atoms with Gasteiger partial charge in [0.2, 0.25) is 0 Å². The second-order valence-electron chi connectivity index (χ2n) is 5.31. The maximum atomic E-state index is 3.55. The topological polar surface area (TPSA) is 12.0 Å². The molecule has 90 valence electrons. The Bertz CT molecular complexity index is 135. The molecule has 1 heterocycles.